The van der Waals surface area contributed by atoms with Crippen molar-refractivity contribution in [2.75, 3.05) is 13.7 Å². The number of fused-ring (bicyclic) bond motifs is 1. The number of hydrogen-bond acceptors (Lipinski definition) is 4. The normalized spacial score (nSPS) is 21.6. The van der Waals surface area contributed by atoms with Gasteiger partial charge in [0, 0.05) is 24.3 Å². The predicted octanol–water partition coefficient (Wildman–Crippen LogP) is 2.44. The Labute approximate surface area is 85.3 Å². The quantitative estimate of drug-likeness (QED) is 0.756. The summed E-state index contributed by atoms with van der Waals surface area (Å²) in [5, 5.41) is 2.29. The highest BCUT2D eigenvalue weighted by atomic mass is 32.2. The summed E-state index contributed by atoms with van der Waals surface area (Å²) in [5.74, 6) is 0.261. The lowest BCUT2D eigenvalue weighted by Gasteiger charge is -2.19. The Bertz CT molecular complexity index is 319. The number of hydrogen-bond donors (Lipinski definition) is 0. The third kappa shape index (κ3) is 1.80. The third-order valence-corrected chi connectivity index (χ3v) is 4.32. The van der Waals surface area contributed by atoms with Crippen LogP contribution in [0.25, 0.3) is 0 Å². The Balaban J connectivity index is 2.19. The van der Waals surface area contributed by atoms with Gasteiger partial charge in [-0.05, 0) is 11.4 Å². The van der Waals surface area contributed by atoms with E-state index in [4.69, 9.17) is 4.74 Å². The first-order valence-corrected chi connectivity index (χ1v) is 5.83. The van der Waals surface area contributed by atoms with Crippen LogP contribution in [0.3, 0.4) is 0 Å². The SMILES string of the molecule is COC[C@@H]1CC(=O)c2ccsc2S1. The number of carbonyl (C=O) groups is 1. The molecule has 0 unspecified atom stereocenters. The highest BCUT2D eigenvalue weighted by molar-refractivity contribution is 8.02. The molecule has 0 radical (unpaired) electrons. The number of thioether (sulfide) groups is 1. The highest BCUT2D eigenvalue weighted by Crippen LogP contribution is 2.38. The van der Waals surface area contributed by atoms with E-state index in [0.29, 0.717) is 18.3 Å². The molecule has 2 rings (SSSR count). The zero-order valence-electron chi connectivity index (χ0n) is 7.28. The van der Waals surface area contributed by atoms with Crippen molar-refractivity contribution < 1.29 is 9.53 Å². The average Bonchev–Trinajstić information content (AvgIpc) is 2.53. The Morgan fingerprint density at radius 2 is 2.54 bits per heavy atom. The number of methoxy groups -OCH3 is 1. The van der Waals surface area contributed by atoms with E-state index in [2.05, 4.69) is 0 Å². The topological polar surface area (TPSA) is 26.3 Å². The molecule has 0 saturated heterocycles. The molecule has 4 heteroatoms. The molecule has 70 valence electrons. The van der Waals surface area contributed by atoms with E-state index in [1.54, 1.807) is 30.2 Å². The molecule has 1 atom stereocenters. The van der Waals surface area contributed by atoms with Crippen molar-refractivity contribution in [3.05, 3.63) is 17.0 Å². The second-order valence-corrected chi connectivity index (χ2v) is 5.43. The zero-order valence-corrected chi connectivity index (χ0v) is 8.91. The Hall–Kier alpha value is -0.320. The molecule has 0 aromatic carbocycles. The zero-order chi connectivity index (χ0) is 9.26. The summed E-state index contributed by atoms with van der Waals surface area (Å²) in [6.45, 7) is 0.660. The van der Waals surface area contributed by atoms with Crippen molar-refractivity contribution in [3.8, 4) is 0 Å². The van der Waals surface area contributed by atoms with Gasteiger partial charge in [0.1, 0.15) is 0 Å². The molecule has 2 heterocycles. The predicted molar refractivity (Wildman–Crippen MR) is 54.8 cm³/mol. The Morgan fingerprint density at radius 1 is 1.69 bits per heavy atom. The number of Topliss-reactive ketones (excluding diaryl/α,β-unsaturated/α-hetero) is 1. The Kier molecular flexibility index (Phi) is 2.71. The minimum absolute atomic E-state index is 0.261. The van der Waals surface area contributed by atoms with E-state index in [1.807, 2.05) is 11.4 Å². The van der Waals surface area contributed by atoms with Crippen molar-refractivity contribution in [2.24, 2.45) is 0 Å². The van der Waals surface area contributed by atoms with Crippen molar-refractivity contribution in [1.82, 2.24) is 0 Å². The molecule has 13 heavy (non-hydrogen) atoms. The largest absolute Gasteiger partial charge is 0.384 e. The molecule has 0 N–H and O–H groups in total. The van der Waals surface area contributed by atoms with Gasteiger partial charge in [-0.3, -0.25) is 4.79 Å². The van der Waals surface area contributed by atoms with Gasteiger partial charge >= 0.3 is 0 Å². The van der Waals surface area contributed by atoms with E-state index in [-0.39, 0.29) is 5.78 Å². The molecule has 0 bridgehead atoms. The van der Waals surface area contributed by atoms with Crippen molar-refractivity contribution in [1.29, 1.82) is 0 Å². The summed E-state index contributed by atoms with van der Waals surface area (Å²) < 4.78 is 6.20. The molecule has 0 spiro atoms. The van der Waals surface area contributed by atoms with Gasteiger partial charge in [-0.1, -0.05) is 0 Å². The van der Waals surface area contributed by atoms with Crippen LogP contribution in [0.5, 0.6) is 0 Å². The van der Waals surface area contributed by atoms with E-state index < -0.39 is 0 Å². The van der Waals surface area contributed by atoms with E-state index in [0.717, 1.165) is 9.77 Å². The lowest BCUT2D eigenvalue weighted by atomic mass is 10.1. The summed E-state index contributed by atoms with van der Waals surface area (Å²) in [5.41, 5.74) is 0.905. The van der Waals surface area contributed by atoms with Crippen LogP contribution in [-0.2, 0) is 4.74 Å². The second kappa shape index (κ2) is 3.82. The van der Waals surface area contributed by atoms with E-state index in [9.17, 15) is 4.79 Å². The van der Waals surface area contributed by atoms with Gasteiger partial charge in [-0.15, -0.1) is 23.1 Å². The minimum Gasteiger partial charge on any atom is -0.384 e. The van der Waals surface area contributed by atoms with Gasteiger partial charge in [-0.2, -0.15) is 0 Å². The van der Waals surface area contributed by atoms with Gasteiger partial charge in [0.05, 0.1) is 10.8 Å². The standard InChI is InChI=1S/C9H10O2S2/c1-11-5-6-4-8(10)7-2-3-12-9(7)13-6/h2-3,6H,4-5H2,1H3/t6-/m0/s1. The molecular formula is C9H10O2S2. The van der Waals surface area contributed by atoms with Crippen LogP contribution in [0.1, 0.15) is 16.8 Å². The van der Waals surface area contributed by atoms with Gasteiger partial charge < -0.3 is 4.74 Å². The Morgan fingerprint density at radius 3 is 3.31 bits per heavy atom. The number of ether oxygens (including phenoxy) is 1. The van der Waals surface area contributed by atoms with Crippen LogP contribution in [0.4, 0.5) is 0 Å². The summed E-state index contributed by atoms with van der Waals surface area (Å²) in [4.78, 5) is 11.6. The lowest BCUT2D eigenvalue weighted by molar-refractivity contribution is 0.0962. The average molecular weight is 214 g/mol. The lowest BCUT2D eigenvalue weighted by Crippen LogP contribution is -2.20. The highest BCUT2D eigenvalue weighted by Gasteiger charge is 2.26. The van der Waals surface area contributed by atoms with E-state index >= 15 is 0 Å². The maximum atomic E-state index is 11.6. The van der Waals surface area contributed by atoms with Gasteiger partial charge in [0.25, 0.3) is 0 Å². The van der Waals surface area contributed by atoms with Crippen molar-refractivity contribution >= 4 is 28.9 Å². The minimum atomic E-state index is 0.261. The molecule has 0 amide bonds. The summed E-state index contributed by atoms with van der Waals surface area (Å²) in [7, 11) is 1.68. The smallest absolute Gasteiger partial charge is 0.166 e. The summed E-state index contributed by atoms with van der Waals surface area (Å²) in [6, 6.07) is 1.92. The molecule has 1 aromatic rings. The third-order valence-electron chi connectivity index (χ3n) is 1.97. The fraction of sp³-hybridized carbons (Fsp3) is 0.444. The number of rotatable bonds is 2. The van der Waals surface area contributed by atoms with E-state index in [1.165, 1.54) is 0 Å². The maximum Gasteiger partial charge on any atom is 0.166 e. The first-order valence-electron chi connectivity index (χ1n) is 4.07. The number of ketones is 1. The maximum absolute atomic E-state index is 11.6. The van der Waals surface area contributed by atoms with Crippen molar-refractivity contribution in [2.45, 2.75) is 15.9 Å². The van der Waals surface area contributed by atoms with Crippen LogP contribution in [0.15, 0.2) is 15.7 Å². The fourth-order valence-electron chi connectivity index (χ4n) is 1.38. The summed E-state index contributed by atoms with van der Waals surface area (Å²) >= 11 is 3.41. The molecule has 1 aromatic heterocycles. The van der Waals surface area contributed by atoms with Crippen LogP contribution in [0.2, 0.25) is 0 Å². The van der Waals surface area contributed by atoms with Crippen molar-refractivity contribution in [3.63, 3.8) is 0 Å². The molecular weight excluding hydrogens is 204 g/mol. The number of carbonyl (C=O) groups excluding carboxylic acids is 1. The second-order valence-electron chi connectivity index (χ2n) is 2.94. The summed E-state index contributed by atoms with van der Waals surface area (Å²) in [6.07, 6.45) is 0.613. The first-order chi connectivity index (χ1) is 6.31. The fourth-order valence-corrected chi connectivity index (χ4v) is 3.87. The molecule has 1 aliphatic rings. The van der Waals surface area contributed by atoms with Gasteiger partial charge in [-0.25, -0.2) is 0 Å². The molecule has 0 fully saturated rings. The van der Waals surface area contributed by atoms with Crippen LogP contribution >= 0.6 is 23.1 Å². The first kappa shape index (κ1) is 9.24. The molecule has 0 saturated carbocycles. The van der Waals surface area contributed by atoms with Gasteiger partial charge in [0.15, 0.2) is 5.78 Å². The van der Waals surface area contributed by atoms with Crippen LogP contribution < -0.4 is 0 Å². The monoisotopic (exact) mass is 214 g/mol. The molecule has 0 aliphatic carbocycles. The number of thiophene rings is 1. The van der Waals surface area contributed by atoms with Crippen LogP contribution in [0, 0.1) is 0 Å². The molecule has 2 nitrogen and oxygen atoms in total. The van der Waals surface area contributed by atoms with Crippen LogP contribution in [-0.4, -0.2) is 24.7 Å². The molecule has 1 aliphatic heterocycles. The van der Waals surface area contributed by atoms with Gasteiger partial charge in [0.2, 0.25) is 0 Å².